The van der Waals surface area contributed by atoms with Gasteiger partial charge in [-0.05, 0) is 66.0 Å². The lowest BCUT2D eigenvalue weighted by Gasteiger charge is -2.28. The van der Waals surface area contributed by atoms with Crippen molar-refractivity contribution in [2.24, 2.45) is 0 Å². The normalized spacial score (nSPS) is 11.5. The van der Waals surface area contributed by atoms with Gasteiger partial charge >= 0.3 is 0 Å². The van der Waals surface area contributed by atoms with E-state index < -0.39 is 0 Å². The molecule has 10 aromatic rings. The molecule has 0 radical (unpaired) electrons. The molecule has 0 fully saturated rings. The molecule has 0 N–H and O–H groups in total. The summed E-state index contributed by atoms with van der Waals surface area (Å²) in [6.45, 7) is 0. The van der Waals surface area contributed by atoms with Crippen LogP contribution in [0.15, 0.2) is 194 Å². The monoisotopic (exact) mass is 664 g/mol. The van der Waals surface area contributed by atoms with Gasteiger partial charge in [-0.15, -0.1) is 0 Å². The first-order chi connectivity index (χ1) is 25.8. The standard InChI is InChI=1S/C48H32N4/c1-5-18-33(19-6-1)46-41-32-44(51(34-20-7-2-8-21-34)35-22-9-3-10-23-35)37-26-13-14-27-38(37)45(41)39-28-17-29-40(47(39)50-46)48-49-42-30-15-16-31-43(42)52(48)36-24-11-4-12-25-36/h1-32H. The number of para-hydroxylation sites is 6. The maximum atomic E-state index is 5.64. The van der Waals surface area contributed by atoms with Crippen molar-refractivity contribution in [2.75, 3.05) is 4.90 Å². The predicted octanol–water partition coefficient (Wildman–Crippen LogP) is 12.7. The summed E-state index contributed by atoms with van der Waals surface area (Å²) in [7, 11) is 0. The van der Waals surface area contributed by atoms with Crippen molar-refractivity contribution in [3.05, 3.63) is 194 Å². The number of hydrogen-bond acceptors (Lipinski definition) is 3. The minimum atomic E-state index is 0.865. The highest BCUT2D eigenvalue weighted by molar-refractivity contribution is 6.26. The van der Waals surface area contributed by atoms with Gasteiger partial charge in [-0.25, -0.2) is 9.97 Å². The number of anilines is 3. The Morgan fingerprint density at radius 2 is 1.02 bits per heavy atom. The van der Waals surface area contributed by atoms with E-state index >= 15 is 0 Å². The summed E-state index contributed by atoms with van der Waals surface area (Å²) in [6.07, 6.45) is 0. The van der Waals surface area contributed by atoms with Crippen LogP contribution in [0.5, 0.6) is 0 Å². The van der Waals surface area contributed by atoms with Crippen LogP contribution in [-0.4, -0.2) is 14.5 Å². The fourth-order valence-electron chi connectivity index (χ4n) is 7.68. The summed E-state index contributed by atoms with van der Waals surface area (Å²) >= 11 is 0. The summed E-state index contributed by atoms with van der Waals surface area (Å²) in [5.41, 5.74) is 10.2. The molecule has 52 heavy (non-hydrogen) atoms. The first-order valence-electron chi connectivity index (χ1n) is 17.6. The maximum absolute atomic E-state index is 5.64. The van der Waals surface area contributed by atoms with E-state index in [4.69, 9.17) is 9.97 Å². The number of hydrogen-bond donors (Lipinski definition) is 0. The van der Waals surface area contributed by atoms with Gasteiger partial charge in [0.05, 0.1) is 27.9 Å². The number of fused-ring (bicyclic) bond motifs is 6. The van der Waals surface area contributed by atoms with Crippen molar-refractivity contribution < 1.29 is 0 Å². The molecule has 2 aromatic heterocycles. The summed E-state index contributed by atoms with van der Waals surface area (Å²) in [5, 5.41) is 5.69. The molecule has 0 amide bonds. The van der Waals surface area contributed by atoms with Gasteiger partial charge in [-0.3, -0.25) is 4.57 Å². The van der Waals surface area contributed by atoms with Crippen LogP contribution in [-0.2, 0) is 0 Å². The van der Waals surface area contributed by atoms with Crippen molar-refractivity contribution in [3.8, 4) is 28.3 Å². The van der Waals surface area contributed by atoms with E-state index in [0.29, 0.717) is 0 Å². The molecule has 0 aliphatic carbocycles. The van der Waals surface area contributed by atoms with Crippen molar-refractivity contribution in [2.45, 2.75) is 0 Å². The van der Waals surface area contributed by atoms with Crippen molar-refractivity contribution in [1.82, 2.24) is 14.5 Å². The first kappa shape index (κ1) is 29.8. The lowest BCUT2D eigenvalue weighted by molar-refractivity contribution is 1.10. The van der Waals surface area contributed by atoms with Gasteiger partial charge < -0.3 is 4.90 Å². The lowest BCUT2D eigenvalue weighted by atomic mass is 9.92. The Hall–Kier alpha value is -7.04. The Kier molecular flexibility index (Phi) is 7.10. The third-order valence-electron chi connectivity index (χ3n) is 9.94. The van der Waals surface area contributed by atoms with Crippen LogP contribution in [0.25, 0.3) is 71.8 Å². The second-order valence-electron chi connectivity index (χ2n) is 13.0. The van der Waals surface area contributed by atoms with E-state index in [-0.39, 0.29) is 0 Å². The second kappa shape index (κ2) is 12.4. The molecule has 8 aromatic carbocycles. The number of rotatable bonds is 6. The number of pyridine rings is 1. The summed E-state index contributed by atoms with van der Waals surface area (Å²) in [5.74, 6) is 0.865. The molecule has 0 atom stereocenters. The van der Waals surface area contributed by atoms with Crippen LogP contribution in [0.3, 0.4) is 0 Å². The molecule has 0 unspecified atom stereocenters. The lowest BCUT2D eigenvalue weighted by Crippen LogP contribution is -2.10. The third-order valence-corrected chi connectivity index (χ3v) is 9.94. The zero-order valence-electron chi connectivity index (χ0n) is 28.3. The topological polar surface area (TPSA) is 34.0 Å². The smallest absolute Gasteiger partial charge is 0.147 e. The molecule has 10 rings (SSSR count). The SMILES string of the molecule is c1ccc(-c2nc3c(-c4nc5ccccc5n4-c4ccccc4)cccc3c3c2cc(N(c2ccccc2)c2ccccc2)c2ccccc23)cc1. The van der Waals surface area contributed by atoms with Gasteiger partial charge in [0.25, 0.3) is 0 Å². The van der Waals surface area contributed by atoms with Crippen LogP contribution in [0, 0.1) is 0 Å². The molecule has 0 saturated heterocycles. The van der Waals surface area contributed by atoms with E-state index in [1.807, 2.05) is 0 Å². The van der Waals surface area contributed by atoms with Gasteiger partial charge in [-0.1, -0.05) is 133 Å². The summed E-state index contributed by atoms with van der Waals surface area (Å²) in [4.78, 5) is 13.3. The van der Waals surface area contributed by atoms with Crippen molar-refractivity contribution >= 4 is 60.5 Å². The van der Waals surface area contributed by atoms with Gasteiger partial charge in [0.15, 0.2) is 0 Å². The minimum absolute atomic E-state index is 0.865. The Balaban J connectivity index is 1.35. The Labute approximate surface area is 301 Å². The van der Waals surface area contributed by atoms with E-state index in [9.17, 15) is 0 Å². The number of benzene rings is 8. The Morgan fingerprint density at radius 3 is 1.73 bits per heavy atom. The molecule has 0 spiro atoms. The van der Waals surface area contributed by atoms with E-state index in [0.717, 1.165) is 78.1 Å². The molecule has 244 valence electrons. The maximum Gasteiger partial charge on any atom is 0.147 e. The largest absolute Gasteiger partial charge is 0.310 e. The Bertz CT molecular complexity index is 2840. The van der Waals surface area contributed by atoms with E-state index in [1.54, 1.807) is 0 Å². The zero-order chi connectivity index (χ0) is 34.4. The highest BCUT2D eigenvalue weighted by atomic mass is 15.1. The van der Waals surface area contributed by atoms with E-state index in [1.165, 1.54) is 10.8 Å². The van der Waals surface area contributed by atoms with Gasteiger partial charge in [0.1, 0.15) is 5.82 Å². The third kappa shape index (κ3) is 4.84. The average Bonchev–Trinajstić information content (AvgIpc) is 3.61. The highest BCUT2D eigenvalue weighted by Gasteiger charge is 2.23. The molecule has 2 heterocycles. The second-order valence-corrected chi connectivity index (χ2v) is 13.0. The van der Waals surface area contributed by atoms with Crippen molar-refractivity contribution in [1.29, 1.82) is 0 Å². The quantitative estimate of drug-likeness (QED) is 0.166. The van der Waals surface area contributed by atoms with Crippen LogP contribution in [0.1, 0.15) is 0 Å². The van der Waals surface area contributed by atoms with E-state index in [2.05, 4.69) is 204 Å². The highest BCUT2D eigenvalue weighted by Crippen LogP contribution is 2.46. The molecule has 0 aliphatic heterocycles. The van der Waals surface area contributed by atoms with Crippen LogP contribution < -0.4 is 4.90 Å². The average molecular weight is 665 g/mol. The number of aromatic nitrogens is 3. The fraction of sp³-hybridized carbons (Fsp3) is 0. The van der Waals surface area contributed by atoms with Crippen LogP contribution >= 0.6 is 0 Å². The van der Waals surface area contributed by atoms with Crippen LogP contribution in [0.2, 0.25) is 0 Å². The minimum Gasteiger partial charge on any atom is -0.310 e. The van der Waals surface area contributed by atoms with Gasteiger partial charge in [-0.2, -0.15) is 0 Å². The molecule has 0 bridgehead atoms. The predicted molar refractivity (Wildman–Crippen MR) is 217 cm³/mol. The van der Waals surface area contributed by atoms with Gasteiger partial charge in [0.2, 0.25) is 0 Å². The number of imidazole rings is 1. The van der Waals surface area contributed by atoms with Gasteiger partial charge in [0, 0.05) is 49.7 Å². The summed E-state index contributed by atoms with van der Waals surface area (Å²) in [6, 6.07) is 68.3. The molecular weight excluding hydrogens is 633 g/mol. The molecule has 0 saturated carbocycles. The molecule has 4 heteroatoms. The molecular formula is C48H32N4. The molecule has 0 aliphatic rings. The van der Waals surface area contributed by atoms with Crippen LogP contribution in [0.4, 0.5) is 17.1 Å². The Morgan fingerprint density at radius 1 is 0.442 bits per heavy atom. The van der Waals surface area contributed by atoms with Crippen molar-refractivity contribution in [3.63, 3.8) is 0 Å². The first-order valence-corrected chi connectivity index (χ1v) is 17.6. The summed E-state index contributed by atoms with van der Waals surface area (Å²) < 4.78 is 2.26. The fourth-order valence-corrected chi connectivity index (χ4v) is 7.68. The zero-order valence-corrected chi connectivity index (χ0v) is 28.3. The number of nitrogens with zero attached hydrogens (tertiary/aromatic N) is 4. The molecule has 4 nitrogen and oxygen atoms in total.